The van der Waals surface area contributed by atoms with Gasteiger partial charge in [0, 0.05) is 37.3 Å². The predicted molar refractivity (Wildman–Crippen MR) is 129 cm³/mol. The van der Waals surface area contributed by atoms with Crippen LogP contribution in [0.3, 0.4) is 0 Å². The van der Waals surface area contributed by atoms with E-state index in [0.717, 1.165) is 12.0 Å². The molecule has 0 saturated carbocycles. The van der Waals surface area contributed by atoms with Crippen molar-refractivity contribution < 1.29 is 27.5 Å². The minimum Gasteiger partial charge on any atom is -0.454 e. The molecule has 2 aromatic rings. The van der Waals surface area contributed by atoms with Gasteiger partial charge >= 0.3 is 0 Å². The lowest BCUT2D eigenvalue weighted by Crippen LogP contribution is -2.48. The maximum atomic E-state index is 13.3. The van der Waals surface area contributed by atoms with Crippen LogP contribution < -0.4 is 14.8 Å². The monoisotopic (exact) mass is 499 g/mol. The topological polar surface area (TPSA) is 105 Å². The van der Waals surface area contributed by atoms with Crippen LogP contribution in [0.1, 0.15) is 31.2 Å². The molecule has 1 N–H and O–H groups in total. The molecule has 0 aromatic heterocycles. The molecule has 186 valence electrons. The molecule has 5 rings (SSSR count). The SMILES string of the molecule is Cc1ccc(S(=O)(=O)N2CCC(C(=O)N3CCC[C@H]3C(=O)Nc3ccc4c(c3)OCO4)CC2)cc1. The normalized spacial score (nSPS) is 20.7. The molecule has 3 aliphatic heterocycles. The zero-order chi connectivity index (χ0) is 24.6. The number of nitrogens with one attached hydrogen (secondary N) is 1. The van der Waals surface area contributed by atoms with E-state index < -0.39 is 16.1 Å². The van der Waals surface area contributed by atoms with Gasteiger partial charge in [0.2, 0.25) is 28.6 Å². The Morgan fingerprint density at radius 1 is 0.943 bits per heavy atom. The fourth-order valence-corrected chi connectivity index (χ4v) is 6.41. The van der Waals surface area contributed by atoms with Crippen molar-refractivity contribution in [3.05, 3.63) is 48.0 Å². The molecule has 0 unspecified atom stereocenters. The summed E-state index contributed by atoms with van der Waals surface area (Å²) in [4.78, 5) is 28.3. The van der Waals surface area contributed by atoms with Gasteiger partial charge < -0.3 is 19.7 Å². The number of nitrogens with zero attached hydrogens (tertiary/aromatic N) is 2. The van der Waals surface area contributed by atoms with Crippen LogP contribution >= 0.6 is 0 Å². The Bertz CT molecular complexity index is 1220. The van der Waals surface area contributed by atoms with Crippen molar-refractivity contribution in [1.29, 1.82) is 0 Å². The lowest BCUT2D eigenvalue weighted by molar-refractivity contribution is -0.141. The number of rotatable bonds is 5. The minimum atomic E-state index is -3.59. The molecule has 3 aliphatic rings. The Labute approximate surface area is 205 Å². The summed E-state index contributed by atoms with van der Waals surface area (Å²) in [6, 6.07) is 11.5. The van der Waals surface area contributed by atoms with E-state index in [4.69, 9.17) is 9.47 Å². The molecule has 35 heavy (non-hydrogen) atoms. The molecule has 2 saturated heterocycles. The number of piperidine rings is 1. The summed E-state index contributed by atoms with van der Waals surface area (Å²) in [7, 11) is -3.59. The fraction of sp³-hybridized carbons (Fsp3) is 0.440. The van der Waals surface area contributed by atoms with Gasteiger partial charge in [-0.05, 0) is 56.9 Å². The van der Waals surface area contributed by atoms with Crippen molar-refractivity contribution >= 4 is 27.5 Å². The van der Waals surface area contributed by atoms with Gasteiger partial charge in [-0.15, -0.1) is 0 Å². The number of carbonyl (C=O) groups is 2. The number of hydrogen-bond donors (Lipinski definition) is 1. The number of likely N-dealkylation sites (tertiary alicyclic amines) is 1. The largest absolute Gasteiger partial charge is 0.454 e. The molecule has 10 heteroatoms. The summed E-state index contributed by atoms with van der Waals surface area (Å²) < 4.78 is 38.1. The number of ether oxygens (including phenoxy) is 2. The van der Waals surface area contributed by atoms with E-state index in [-0.39, 0.29) is 42.5 Å². The predicted octanol–water partition coefficient (Wildman–Crippen LogP) is 2.75. The molecule has 0 radical (unpaired) electrons. The second kappa shape index (κ2) is 9.50. The molecule has 2 fully saturated rings. The van der Waals surface area contributed by atoms with E-state index in [2.05, 4.69) is 5.32 Å². The highest BCUT2D eigenvalue weighted by Crippen LogP contribution is 2.35. The summed E-state index contributed by atoms with van der Waals surface area (Å²) in [5.74, 6) is 0.624. The lowest BCUT2D eigenvalue weighted by atomic mass is 9.96. The second-order valence-corrected chi connectivity index (χ2v) is 11.2. The minimum absolute atomic E-state index is 0.0688. The highest BCUT2D eigenvalue weighted by atomic mass is 32.2. The highest BCUT2D eigenvalue weighted by molar-refractivity contribution is 7.89. The molecule has 2 aromatic carbocycles. The summed E-state index contributed by atoms with van der Waals surface area (Å²) in [6.07, 6.45) is 2.24. The number of benzene rings is 2. The third-order valence-electron chi connectivity index (χ3n) is 6.94. The third kappa shape index (κ3) is 4.72. The smallest absolute Gasteiger partial charge is 0.247 e. The van der Waals surface area contributed by atoms with Gasteiger partial charge in [0.05, 0.1) is 4.90 Å². The summed E-state index contributed by atoms with van der Waals surface area (Å²) in [6.45, 7) is 3.17. The maximum Gasteiger partial charge on any atom is 0.247 e. The number of sulfonamides is 1. The van der Waals surface area contributed by atoms with Crippen LogP contribution in [0, 0.1) is 12.8 Å². The Balaban J connectivity index is 1.20. The Morgan fingerprint density at radius 3 is 2.40 bits per heavy atom. The van der Waals surface area contributed by atoms with Crippen LogP contribution in [0.5, 0.6) is 11.5 Å². The number of fused-ring (bicyclic) bond motifs is 1. The van der Waals surface area contributed by atoms with Crippen molar-refractivity contribution in [3.63, 3.8) is 0 Å². The van der Waals surface area contributed by atoms with E-state index in [1.807, 2.05) is 6.92 Å². The average Bonchev–Trinajstić information content (AvgIpc) is 3.53. The molecule has 3 heterocycles. The molecular formula is C25H29N3O6S. The molecule has 0 bridgehead atoms. The van der Waals surface area contributed by atoms with E-state index in [0.29, 0.717) is 43.0 Å². The lowest BCUT2D eigenvalue weighted by Gasteiger charge is -2.34. The van der Waals surface area contributed by atoms with E-state index >= 15 is 0 Å². The van der Waals surface area contributed by atoms with E-state index in [1.165, 1.54) is 4.31 Å². The van der Waals surface area contributed by atoms with Crippen molar-refractivity contribution in [2.75, 3.05) is 31.7 Å². The molecule has 2 amide bonds. The average molecular weight is 500 g/mol. The van der Waals surface area contributed by atoms with Crippen molar-refractivity contribution in [2.45, 2.75) is 43.5 Å². The fourth-order valence-electron chi connectivity index (χ4n) is 4.94. The first-order valence-corrected chi connectivity index (χ1v) is 13.3. The van der Waals surface area contributed by atoms with Crippen molar-refractivity contribution in [1.82, 2.24) is 9.21 Å². The van der Waals surface area contributed by atoms with Crippen molar-refractivity contribution in [3.8, 4) is 11.5 Å². The van der Waals surface area contributed by atoms with Gasteiger partial charge in [-0.1, -0.05) is 17.7 Å². The first-order chi connectivity index (χ1) is 16.8. The standard InChI is InChI=1S/C25H29N3O6S/c1-17-4-7-20(8-5-17)35(31,32)27-13-10-18(11-14-27)25(30)28-12-2-3-21(28)24(29)26-19-6-9-22-23(15-19)34-16-33-22/h4-9,15,18,21H,2-3,10-14,16H2,1H3,(H,26,29)/t21-/m0/s1. The summed E-state index contributed by atoms with van der Waals surface area (Å²) in [5, 5.41) is 2.89. The number of hydrogen-bond acceptors (Lipinski definition) is 6. The van der Waals surface area contributed by atoms with E-state index in [1.54, 1.807) is 47.4 Å². The molecule has 0 spiro atoms. The molecule has 9 nitrogen and oxygen atoms in total. The van der Waals surface area contributed by atoms with E-state index in [9.17, 15) is 18.0 Å². The zero-order valence-electron chi connectivity index (χ0n) is 19.6. The Kier molecular flexibility index (Phi) is 6.41. The third-order valence-corrected chi connectivity index (χ3v) is 8.85. The van der Waals surface area contributed by atoms with Gasteiger partial charge in [0.25, 0.3) is 0 Å². The summed E-state index contributed by atoms with van der Waals surface area (Å²) >= 11 is 0. The zero-order valence-corrected chi connectivity index (χ0v) is 20.4. The Morgan fingerprint density at radius 2 is 1.66 bits per heavy atom. The van der Waals surface area contributed by atoms with Gasteiger partial charge in [-0.3, -0.25) is 9.59 Å². The maximum absolute atomic E-state index is 13.3. The first-order valence-electron chi connectivity index (χ1n) is 11.9. The number of aryl methyl sites for hydroxylation is 1. The number of carbonyl (C=O) groups excluding carboxylic acids is 2. The Hall–Kier alpha value is -3.11. The van der Waals surface area contributed by atoms with Crippen LogP contribution in [0.15, 0.2) is 47.4 Å². The number of anilines is 1. The van der Waals surface area contributed by atoms with Crippen LogP contribution in [0.25, 0.3) is 0 Å². The van der Waals surface area contributed by atoms with Gasteiger partial charge in [-0.2, -0.15) is 4.31 Å². The molecular weight excluding hydrogens is 470 g/mol. The molecule has 1 atom stereocenters. The van der Waals surface area contributed by atoms with Crippen molar-refractivity contribution in [2.24, 2.45) is 5.92 Å². The quantitative estimate of drug-likeness (QED) is 0.678. The first kappa shape index (κ1) is 23.6. The highest BCUT2D eigenvalue weighted by Gasteiger charge is 2.39. The van der Waals surface area contributed by atoms with Crippen LogP contribution in [-0.2, 0) is 19.6 Å². The van der Waals surface area contributed by atoms with Gasteiger partial charge in [0.15, 0.2) is 11.5 Å². The van der Waals surface area contributed by atoms with Crippen LogP contribution in [0.2, 0.25) is 0 Å². The van der Waals surface area contributed by atoms with Gasteiger partial charge in [0.1, 0.15) is 6.04 Å². The van der Waals surface area contributed by atoms with Crippen LogP contribution in [0.4, 0.5) is 5.69 Å². The van der Waals surface area contributed by atoms with Gasteiger partial charge in [-0.25, -0.2) is 8.42 Å². The van der Waals surface area contributed by atoms with Crippen LogP contribution in [-0.4, -0.2) is 61.9 Å². The molecule has 0 aliphatic carbocycles. The second-order valence-electron chi connectivity index (χ2n) is 9.24. The number of amides is 2. The summed E-state index contributed by atoms with van der Waals surface area (Å²) in [5.41, 5.74) is 1.59.